The number of hydrogen-bond acceptors (Lipinski definition) is 5. The summed E-state index contributed by atoms with van der Waals surface area (Å²) in [6, 6.07) is 11.2. The maximum Gasteiger partial charge on any atom is 0.416 e. The first-order valence-electron chi connectivity index (χ1n) is 9.43. The molecule has 0 saturated heterocycles. The molecule has 0 fully saturated rings. The van der Waals surface area contributed by atoms with Gasteiger partial charge in [-0.2, -0.15) is 13.2 Å². The summed E-state index contributed by atoms with van der Waals surface area (Å²) < 4.78 is 41.1. The molecule has 0 bridgehead atoms. The topological polar surface area (TPSA) is 76.9 Å². The molecule has 2 aromatic carbocycles. The molecule has 3 aromatic rings. The molecule has 1 N–H and O–H groups in total. The van der Waals surface area contributed by atoms with Crippen molar-refractivity contribution in [2.45, 2.75) is 24.7 Å². The van der Waals surface area contributed by atoms with E-state index in [0.29, 0.717) is 16.4 Å². The summed E-state index contributed by atoms with van der Waals surface area (Å²) in [5.74, 6) is -0.0624. The lowest BCUT2D eigenvalue weighted by Gasteiger charge is -2.13. The van der Waals surface area contributed by atoms with Crippen LogP contribution in [0, 0.1) is 0 Å². The van der Waals surface area contributed by atoms with Gasteiger partial charge in [0.25, 0.3) is 0 Å². The molecule has 11 heteroatoms. The summed E-state index contributed by atoms with van der Waals surface area (Å²) in [5, 5.41) is 11.5. The van der Waals surface area contributed by atoms with Crippen LogP contribution in [0.3, 0.4) is 0 Å². The predicted molar refractivity (Wildman–Crippen MR) is 115 cm³/mol. The van der Waals surface area contributed by atoms with Gasteiger partial charge in [-0.15, -0.1) is 10.2 Å². The summed E-state index contributed by atoms with van der Waals surface area (Å²) in [6.07, 6.45) is -4.27. The number of carbonyl (C=O) groups is 2. The van der Waals surface area contributed by atoms with Crippen molar-refractivity contribution >= 4 is 35.1 Å². The number of carbonyl (C=O) groups excluding carboxylic acids is 2. The smallest absolute Gasteiger partial charge is 0.356 e. The summed E-state index contributed by atoms with van der Waals surface area (Å²) in [4.78, 5) is 23.7. The minimum atomic E-state index is -4.52. The summed E-state index contributed by atoms with van der Waals surface area (Å²) in [5.41, 5.74) is -0.147. The Morgan fingerprint density at radius 3 is 2.50 bits per heavy atom. The Balaban J connectivity index is 1.89. The van der Waals surface area contributed by atoms with Gasteiger partial charge in [-0.05, 0) is 42.5 Å². The van der Waals surface area contributed by atoms with Crippen molar-refractivity contribution in [1.29, 1.82) is 0 Å². The molecule has 0 aliphatic rings. The quantitative estimate of drug-likeness (QED) is 0.375. The van der Waals surface area contributed by atoms with Crippen molar-refractivity contribution in [3.05, 3.63) is 70.5 Å². The van der Waals surface area contributed by atoms with Crippen LogP contribution in [0.15, 0.2) is 53.7 Å². The van der Waals surface area contributed by atoms with Gasteiger partial charge in [-0.25, -0.2) is 0 Å². The average molecular weight is 483 g/mol. The van der Waals surface area contributed by atoms with Crippen molar-refractivity contribution in [3.8, 4) is 5.69 Å². The van der Waals surface area contributed by atoms with Gasteiger partial charge in [0, 0.05) is 36.2 Å². The summed E-state index contributed by atoms with van der Waals surface area (Å²) >= 11 is 6.90. The Bertz CT molecular complexity index is 1120. The Morgan fingerprint density at radius 1 is 1.12 bits per heavy atom. The second-order valence-electron chi connectivity index (χ2n) is 6.73. The van der Waals surface area contributed by atoms with Crippen molar-refractivity contribution in [2.75, 3.05) is 12.3 Å². The Kier molecular flexibility index (Phi) is 7.57. The third-order valence-corrected chi connectivity index (χ3v) is 5.53. The molecule has 0 radical (unpaired) electrons. The molecule has 1 aromatic heterocycles. The molecule has 168 valence electrons. The summed E-state index contributed by atoms with van der Waals surface area (Å²) in [6.45, 7) is 1.60. The molecular formula is C21H18ClF3N4O2S. The van der Waals surface area contributed by atoms with E-state index in [4.69, 9.17) is 11.6 Å². The van der Waals surface area contributed by atoms with E-state index < -0.39 is 11.7 Å². The molecule has 0 aliphatic heterocycles. The molecule has 6 nitrogen and oxygen atoms in total. The average Bonchev–Trinajstić information content (AvgIpc) is 3.14. The van der Waals surface area contributed by atoms with Gasteiger partial charge in [0.05, 0.1) is 11.3 Å². The first-order valence-corrected chi connectivity index (χ1v) is 10.8. The molecule has 0 saturated carbocycles. The van der Waals surface area contributed by atoms with E-state index in [1.807, 2.05) is 0 Å². The first kappa shape index (κ1) is 23.8. The van der Waals surface area contributed by atoms with Crippen LogP contribution in [-0.4, -0.2) is 38.8 Å². The van der Waals surface area contributed by atoms with E-state index >= 15 is 0 Å². The zero-order valence-corrected chi connectivity index (χ0v) is 18.4. The molecular weight excluding hydrogens is 465 g/mol. The van der Waals surface area contributed by atoms with E-state index in [2.05, 4.69) is 15.5 Å². The highest BCUT2D eigenvalue weighted by Gasteiger charge is 2.31. The lowest BCUT2D eigenvalue weighted by atomic mass is 10.1. The number of aromatic nitrogens is 3. The SMILES string of the molecule is CC(=O)NCCc1nnc(SCC(=O)c2ccc(Cl)cc2)n1-c1cccc(C(F)(F)F)c1. The van der Waals surface area contributed by atoms with Gasteiger partial charge in [-0.1, -0.05) is 29.4 Å². The minimum Gasteiger partial charge on any atom is -0.356 e. The maximum atomic E-state index is 13.2. The number of thioether (sulfide) groups is 1. The Labute approximate surface area is 191 Å². The standard InChI is InChI=1S/C21H18ClF3N4O2S/c1-13(30)26-10-9-19-27-28-20(32-12-18(31)14-5-7-16(22)8-6-14)29(19)17-4-2-3-15(11-17)21(23,24)25/h2-8,11H,9-10,12H2,1H3,(H,26,30). The number of ketones is 1. The molecule has 32 heavy (non-hydrogen) atoms. The first-order chi connectivity index (χ1) is 15.1. The zero-order valence-electron chi connectivity index (χ0n) is 16.8. The fraction of sp³-hybridized carbons (Fsp3) is 0.238. The fourth-order valence-corrected chi connectivity index (χ4v) is 3.83. The van der Waals surface area contributed by atoms with Gasteiger partial charge in [0.1, 0.15) is 5.82 Å². The monoisotopic (exact) mass is 482 g/mol. The van der Waals surface area contributed by atoms with Crippen molar-refractivity contribution < 1.29 is 22.8 Å². The highest BCUT2D eigenvalue weighted by atomic mass is 35.5. The third-order valence-electron chi connectivity index (χ3n) is 4.35. The number of alkyl halides is 3. The zero-order chi connectivity index (χ0) is 23.3. The largest absolute Gasteiger partial charge is 0.416 e. The maximum absolute atomic E-state index is 13.2. The number of Topliss-reactive ketones (excluding diaryl/α,β-unsaturated/α-hetero) is 1. The van der Waals surface area contributed by atoms with Crippen LogP contribution in [0.2, 0.25) is 5.02 Å². The highest BCUT2D eigenvalue weighted by Crippen LogP contribution is 2.32. The van der Waals surface area contributed by atoms with Crippen molar-refractivity contribution in [3.63, 3.8) is 0 Å². The molecule has 0 atom stereocenters. The number of benzene rings is 2. The predicted octanol–water partition coefficient (Wildman–Crippen LogP) is 4.59. The van der Waals surface area contributed by atoms with Crippen LogP contribution in [0.1, 0.15) is 28.7 Å². The molecule has 3 rings (SSSR count). The number of nitrogens with one attached hydrogen (secondary N) is 1. The number of halogens is 4. The molecule has 0 spiro atoms. The lowest BCUT2D eigenvalue weighted by Crippen LogP contribution is -2.23. The van der Waals surface area contributed by atoms with Crippen LogP contribution in [-0.2, 0) is 17.4 Å². The second kappa shape index (κ2) is 10.2. The number of rotatable bonds is 8. The van der Waals surface area contributed by atoms with Crippen LogP contribution < -0.4 is 5.32 Å². The van der Waals surface area contributed by atoms with Crippen molar-refractivity contribution in [2.24, 2.45) is 0 Å². The molecule has 1 amide bonds. The normalized spacial score (nSPS) is 11.4. The van der Waals surface area contributed by atoms with Gasteiger partial charge >= 0.3 is 6.18 Å². The van der Waals surface area contributed by atoms with Crippen LogP contribution in [0.25, 0.3) is 5.69 Å². The van der Waals surface area contributed by atoms with E-state index in [9.17, 15) is 22.8 Å². The van der Waals surface area contributed by atoms with Crippen LogP contribution in [0.4, 0.5) is 13.2 Å². The molecule has 1 heterocycles. The van der Waals surface area contributed by atoms with E-state index in [0.717, 1.165) is 23.9 Å². The Hall–Kier alpha value is -2.85. The van der Waals surface area contributed by atoms with Gasteiger partial charge in [0.15, 0.2) is 10.9 Å². The third kappa shape index (κ3) is 6.10. The number of amides is 1. The Morgan fingerprint density at radius 2 is 1.84 bits per heavy atom. The van der Waals surface area contributed by atoms with Gasteiger partial charge in [-0.3, -0.25) is 14.2 Å². The van der Waals surface area contributed by atoms with Gasteiger partial charge < -0.3 is 5.32 Å². The van der Waals surface area contributed by atoms with E-state index in [-0.39, 0.29) is 41.3 Å². The minimum absolute atomic E-state index is 0.00439. The van der Waals surface area contributed by atoms with Crippen molar-refractivity contribution in [1.82, 2.24) is 20.1 Å². The molecule has 0 unspecified atom stereocenters. The number of hydrogen-bond donors (Lipinski definition) is 1. The molecule has 0 aliphatic carbocycles. The highest BCUT2D eigenvalue weighted by molar-refractivity contribution is 7.99. The second-order valence-corrected chi connectivity index (χ2v) is 8.11. The van der Waals surface area contributed by atoms with E-state index in [1.54, 1.807) is 24.3 Å². The van der Waals surface area contributed by atoms with Crippen LogP contribution >= 0.6 is 23.4 Å². The fourth-order valence-electron chi connectivity index (χ4n) is 2.84. The lowest BCUT2D eigenvalue weighted by molar-refractivity contribution is -0.137. The van der Waals surface area contributed by atoms with Gasteiger partial charge in [0.2, 0.25) is 5.91 Å². The summed E-state index contributed by atoms with van der Waals surface area (Å²) in [7, 11) is 0. The van der Waals surface area contributed by atoms with E-state index in [1.165, 1.54) is 23.6 Å². The van der Waals surface area contributed by atoms with Crippen LogP contribution in [0.5, 0.6) is 0 Å². The number of nitrogens with zero attached hydrogens (tertiary/aromatic N) is 3.